The van der Waals surface area contributed by atoms with Crippen LogP contribution in [0.3, 0.4) is 0 Å². The smallest absolute Gasteiger partial charge is 0.348 e. The van der Waals surface area contributed by atoms with Crippen LogP contribution < -0.4 is 5.73 Å². The van der Waals surface area contributed by atoms with Crippen LogP contribution in [0.25, 0.3) is 0 Å². The van der Waals surface area contributed by atoms with E-state index in [2.05, 4.69) is 4.74 Å². The summed E-state index contributed by atoms with van der Waals surface area (Å²) in [6, 6.07) is 3.36. The predicted molar refractivity (Wildman–Crippen MR) is 54.3 cm³/mol. The molecule has 0 fully saturated rings. The molecule has 0 aliphatic rings. The lowest BCUT2D eigenvalue weighted by molar-refractivity contribution is 0.0606. The van der Waals surface area contributed by atoms with Gasteiger partial charge in [0.05, 0.1) is 13.2 Å². The van der Waals surface area contributed by atoms with Crippen LogP contribution in [0.1, 0.15) is 27.1 Å². The number of aliphatic hydroxyl groups excluding tert-OH is 1. The topological polar surface area (TPSA) is 72.5 Å². The van der Waals surface area contributed by atoms with Gasteiger partial charge < -0.3 is 15.6 Å². The molecule has 1 heterocycles. The van der Waals surface area contributed by atoms with Crippen molar-refractivity contribution >= 4 is 17.3 Å². The van der Waals surface area contributed by atoms with E-state index < -0.39 is 6.10 Å². The minimum Gasteiger partial charge on any atom is -0.465 e. The highest BCUT2D eigenvalue weighted by atomic mass is 32.1. The normalized spacial score (nSPS) is 12.5. The van der Waals surface area contributed by atoms with Crippen LogP contribution in [-0.2, 0) is 4.74 Å². The average Bonchev–Trinajstić information content (AvgIpc) is 2.66. The van der Waals surface area contributed by atoms with Gasteiger partial charge in [-0.25, -0.2) is 4.79 Å². The molecule has 0 aliphatic heterocycles. The highest BCUT2D eigenvalue weighted by Crippen LogP contribution is 2.25. The molecule has 0 radical (unpaired) electrons. The van der Waals surface area contributed by atoms with Crippen LogP contribution in [0.15, 0.2) is 12.1 Å². The molecule has 0 saturated carbocycles. The number of carbonyl (C=O) groups is 1. The lowest BCUT2D eigenvalue weighted by atomic mass is 10.2. The van der Waals surface area contributed by atoms with Crippen molar-refractivity contribution in [2.75, 3.05) is 13.7 Å². The van der Waals surface area contributed by atoms with E-state index in [0.29, 0.717) is 17.8 Å². The fraction of sp³-hybridized carbons (Fsp3) is 0.444. The second-order valence-electron chi connectivity index (χ2n) is 2.79. The Kier molecular flexibility index (Phi) is 4.06. The molecule has 0 unspecified atom stereocenters. The zero-order valence-electron chi connectivity index (χ0n) is 7.90. The summed E-state index contributed by atoms with van der Waals surface area (Å²) < 4.78 is 4.55. The minimum absolute atomic E-state index is 0.374. The van der Waals surface area contributed by atoms with Crippen LogP contribution in [0, 0.1) is 0 Å². The van der Waals surface area contributed by atoms with Gasteiger partial charge in [-0.1, -0.05) is 0 Å². The Morgan fingerprint density at radius 3 is 3.00 bits per heavy atom. The van der Waals surface area contributed by atoms with Gasteiger partial charge in [0.25, 0.3) is 0 Å². The van der Waals surface area contributed by atoms with Crippen LogP contribution >= 0.6 is 11.3 Å². The first-order chi connectivity index (χ1) is 6.69. The fourth-order valence-electron chi connectivity index (χ4n) is 1.04. The molecule has 1 rings (SSSR count). The van der Waals surface area contributed by atoms with Crippen molar-refractivity contribution in [3.05, 3.63) is 21.9 Å². The van der Waals surface area contributed by atoms with E-state index in [-0.39, 0.29) is 5.97 Å². The van der Waals surface area contributed by atoms with E-state index in [9.17, 15) is 9.90 Å². The number of thiophene rings is 1. The Balaban J connectivity index is 2.72. The van der Waals surface area contributed by atoms with Crippen molar-refractivity contribution in [1.29, 1.82) is 0 Å². The largest absolute Gasteiger partial charge is 0.465 e. The first kappa shape index (κ1) is 11.2. The number of ether oxygens (including phenoxy) is 1. The summed E-state index contributed by atoms with van der Waals surface area (Å²) in [4.78, 5) is 12.3. The molecule has 1 aromatic heterocycles. The third-order valence-electron chi connectivity index (χ3n) is 1.78. The number of aliphatic hydroxyl groups is 1. The lowest BCUT2D eigenvalue weighted by Crippen LogP contribution is -2.05. The van der Waals surface area contributed by atoms with Crippen LogP contribution in [0.2, 0.25) is 0 Å². The summed E-state index contributed by atoms with van der Waals surface area (Å²) in [6.45, 7) is 0.423. The average molecular weight is 215 g/mol. The quantitative estimate of drug-likeness (QED) is 0.732. The Hall–Kier alpha value is -0.910. The molecule has 0 bridgehead atoms. The minimum atomic E-state index is -0.580. The molecule has 3 N–H and O–H groups in total. The van der Waals surface area contributed by atoms with Crippen LogP contribution in [-0.4, -0.2) is 24.7 Å². The van der Waals surface area contributed by atoms with E-state index in [1.54, 1.807) is 12.1 Å². The monoisotopic (exact) mass is 215 g/mol. The zero-order valence-corrected chi connectivity index (χ0v) is 8.71. The second-order valence-corrected chi connectivity index (χ2v) is 3.90. The molecule has 4 nitrogen and oxygen atoms in total. The van der Waals surface area contributed by atoms with Gasteiger partial charge in [-0.2, -0.15) is 0 Å². The molecule has 14 heavy (non-hydrogen) atoms. The van der Waals surface area contributed by atoms with Gasteiger partial charge >= 0.3 is 5.97 Å². The van der Waals surface area contributed by atoms with Crippen molar-refractivity contribution in [2.45, 2.75) is 12.5 Å². The summed E-state index contributed by atoms with van der Waals surface area (Å²) in [7, 11) is 1.33. The number of methoxy groups -OCH3 is 1. The van der Waals surface area contributed by atoms with Crippen LogP contribution in [0.5, 0.6) is 0 Å². The summed E-state index contributed by atoms with van der Waals surface area (Å²) in [5.41, 5.74) is 5.31. The molecule has 1 atom stereocenters. The van der Waals surface area contributed by atoms with E-state index >= 15 is 0 Å². The summed E-state index contributed by atoms with van der Waals surface area (Å²) in [5.74, 6) is -0.374. The zero-order chi connectivity index (χ0) is 10.6. The van der Waals surface area contributed by atoms with Gasteiger partial charge in [-0.15, -0.1) is 11.3 Å². The highest BCUT2D eigenvalue weighted by molar-refractivity contribution is 7.14. The van der Waals surface area contributed by atoms with E-state index in [0.717, 1.165) is 4.88 Å². The number of hydrogen-bond acceptors (Lipinski definition) is 5. The van der Waals surface area contributed by atoms with Crippen molar-refractivity contribution in [2.24, 2.45) is 5.73 Å². The third-order valence-corrected chi connectivity index (χ3v) is 2.95. The Morgan fingerprint density at radius 1 is 1.71 bits per heavy atom. The van der Waals surface area contributed by atoms with Crippen molar-refractivity contribution in [3.63, 3.8) is 0 Å². The second kappa shape index (κ2) is 5.09. The van der Waals surface area contributed by atoms with Crippen molar-refractivity contribution in [1.82, 2.24) is 0 Å². The first-order valence-corrected chi connectivity index (χ1v) is 5.07. The van der Waals surface area contributed by atoms with E-state index in [4.69, 9.17) is 5.73 Å². The maximum atomic E-state index is 11.1. The third kappa shape index (κ3) is 2.54. The standard InChI is InChI=1S/C9H13NO3S/c1-13-9(12)8-3-2-7(14-8)6(11)4-5-10/h2-3,6,11H,4-5,10H2,1H3/t6-/m0/s1. The molecule has 5 heteroatoms. The molecule has 1 aromatic rings. The van der Waals surface area contributed by atoms with Gasteiger partial charge in [0, 0.05) is 4.88 Å². The molecule has 78 valence electrons. The van der Waals surface area contributed by atoms with E-state index in [1.807, 2.05) is 0 Å². The molecule has 0 aliphatic carbocycles. The van der Waals surface area contributed by atoms with Gasteiger partial charge in [0.2, 0.25) is 0 Å². The Labute approximate surface area is 86.3 Å². The fourth-order valence-corrected chi connectivity index (χ4v) is 1.99. The highest BCUT2D eigenvalue weighted by Gasteiger charge is 2.13. The number of hydrogen-bond donors (Lipinski definition) is 2. The van der Waals surface area contributed by atoms with Gasteiger partial charge in [0.15, 0.2) is 0 Å². The molecule has 0 aromatic carbocycles. The van der Waals surface area contributed by atoms with Crippen LogP contribution in [0.4, 0.5) is 0 Å². The SMILES string of the molecule is COC(=O)c1ccc([C@@H](O)CCN)s1. The molecular weight excluding hydrogens is 202 g/mol. The maximum Gasteiger partial charge on any atom is 0.348 e. The number of carbonyl (C=O) groups excluding carboxylic acids is 1. The molecule has 0 spiro atoms. The van der Waals surface area contributed by atoms with E-state index in [1.165, 1.54) is 18.4 Å². The van der Waals surface area contributed by atoms with Crippen molar-refractivity contribution in [3.8, 4) is 0 Å². The predicted octanol–water partition coefficient (Wildman–Crippen LogP) is 0.917. The molecule has 0 saturated heterocycles. The van der Waals surface area contributed by atoms with Gasteiger partial charge in [-0.05, 0) is 25.1 Å². The molecule has 0 amide bonds. The van der Waals surface area contributed by atoms with Gasteiger partial charge in [0.1, 0.15) is 4.88 Å². The number of esters is 1. The lowest BCUT2D eigenvalue weighted by Gasteiger charge is -2.04. The maximum absolute atomic E-state index is 11.1. The molecular formula is C9H13NO3S. The summed E-state index contributed by atoms with van der Waals surface area (Å²) in [6.07, 6.45) is -0.0791. The summed E-state index contributed by atoms with van der Waals surface area (Å²) >= 11 is 1.23. The first-order valence-electron chi connectivity index (χ1n) is 4.25. The van der Waals surface area contributed by atoms with Crippen molar-refractivity contribution < 1.29 is 14.6 Å². The number of rotatable bonds is 4. The Morgan fingerprint density at radius 2 is 2.43 bits per heavy atom. The van der Waals surface area contributed by atoms with Gasteiger partial charge in [-0.3, -0.25) is 0 Å². The number of nitrogens with two attached hydrogens (primary N) is 1. The Bertz CT molecular complexity index is 311. The summed E-state index contributed by atoms with van der Waals surface area (Å²) in [5, 5.41) is 9.57.